The Morgan fingerprint density at radius 1 is 1.00 bits per heavy atom. The number of anilines is 1. The molecule has 2 rings (SSSR count). The molecule has 0 heterocycles. The van der Waals surface area contributed by atoms with Crippen molar-refractivity contribution < 1.29 is 23.7 Å². The Hall–Kier alpha value is -2.01. The third-order valence-corrected chi connectivity index (χ3v) is 7.26. The second kappa shape index (κ2) is 10.1. The predicted molar refractivity (Wildman–Crippen MR) is 118 cm³/mol. The lowest BCUT2D eigenvalue weighted by atomic mass is 10.2. The number of ether oxygens (including phenoxy) is 2. The molecule has 0 amide bonds. The summed E-state index contributed by atoms with van der Waals surface area (Å²) in [6.07, 6.45) is 0.748. The van der Waals surface area contributed by atoms with Gasteiger partial charge in [0.15, 0.2) is 17.3 Å². The van der Waals surface area contributed by atoms with Crippen molar-refractivity contribution in [2.45, 2.75) is 26.1 Å². The third-order valence-electron chi connectivity index (χ3n) is 4.73. The van der Waals surface area contributed by atoms with E-state index in [9.17, 15) is 9.67 Å². The van der Waals surface area contributed by atoms with Gasteiger partial charge >= 0.3 is 0 Å². The van der Waals surface area contributed by atoms with Crippen LogP contribution in [0.3, 0.4) is 0 Å². The summed E-state index contributed by atoms with van der Waals surface area (Å²) >= 11 is 0. The molecular formula is C22H32NO5P. The van der Waals surface area contributed by atoms with E-state index in [1.807, 2.05) is 31.1 Å². The molecular weight excluding hydrogens is 389 g/mol. The molecule has 0 aliphatic carbocycles. The maximum atomic E-state index is 14.0. The SMILES string of the molecule is COc1ccc([C@H](O)[P@@](=O)(OCCC(C)C)c2ccc(N(C)C)cc2)cc1OC. The van der Waals surface area contributed by atoms with Gasteiger partial charge in [-0.25, -0.2) is 0 Å². The second-order valence-electron chi connectivity index (χ2n) is 7.51. The Morgan fingerprint density at radius 3 is 2.14 bits per heavy atom. The highest BCUT2D eigenvalue weighted by atomic mass is 31.2. The fourth-order valence-corrected chi connectivity index (χ4v) is 4.95. The number of nitrogens with zero attached hydrogens (tertiary/aromatic N) is 1. The van der Waals surface area contributed by atoms with Gasteiger partial charge in [-0.2, -0.15) is 0 Å². The highest BCUT2D eigenvalue weighted by molar-refractivity contribution is 7.67. The van der Waals surface area contributed by atoms with Gasteiger partial charge in [-0.15, -0.1) is 0 Å². The maximum absolute atomic E-state index is 14.0. The van der Waals surface area contributed by atoms with E-state index in [2.05, 4.69) is 13.8 Å². The maximum Gasteiger partial charge on any atom is 0.264 e. The minimum Gasteiger partial charge on any atom is -0.493 e. The van der Waals surface area contributed by atoms with E-state index in [4.69, 9.17) is 14.0 Å². The molecule has 160 valence electrons. The van der Waals surface area contributed by atoms with Gasteiger partial charge in [-0.3, -0.25) is 4.57 Å². The molecule has 0 spiro atoms. The van der Waals surface area contributed by atoms with Crippen molar-refractivity contribution >= 4 is 18.4 Å². The molecule has 0 aromatic heterocycles. The van der Waals surface area contributed by atoms with Crippen LogP contribution < -0.4 is 19.7 Å². The number of benzene rings is 2. The summed E-state index contributed by atoms with van der Waals surface area (Å²) in [6, 6.07) is 12.3. The molecule has 0 bridgehead atoms. The molecule has 0 unspecified atom stereocenters. The van der Waals surface area contributed by atoms with Crippen LogP contribution in [0, 0.1) is 5.92 Å². The van der Waals surface area contributed by atoms with E-state index in [-0.39, 0.29) is 0 Å². The highest BCUT2D eigenvalue weighted by Gasteiger charge is 2.37. The van der Waals surface area contributed by atoms with Crippen LogP contribution in [0.2, 0.25) is 0 Å². The molecule has 1 N–H and O–H groups in total. The lowest BCUT2D eigenvalue weighted by molar-refractivity contribution is 0.208. The molecule has 0 saturated carbocycles. The first kappa shape index (κ1) is 23.3. The van der Waals surface area contributed by atoms with E-state index in [0.29, 0.717) is 34.9 Å². The zero-order valence-electron chi connectivity index (χ0n) is 18.1. The fraction of sp³-hybridized carbons (Fsp3) is 0.455. The molecule has 0 fully saturated rings. The first-order valence-electron chi connectivity index (χ1n) is 9.65. The minimum atomic E-state index is -3.60. The van der Waals surface area contributed by atoms with E-state index >= 15 is 0 Å². The normalized spacial score (nSPS) is 14.3. The predicted octanol–water partition coefficient (Wildman–Crippen LogP) is 4.43. The summed E-state index contributed by atoms with van der Waals surface area (Å²) in [7, 11) is 3.33. The summed E-state index contributed by atoms with van der Waals surface area (Å²) < 4.78 is 30.5. The molecule has 6 nitrogen and oxygen atoms in total. The topological polar surface area (TPSA) is 68.2 Å². The molecule has 0 aliphatic heterocycles. The van der Waals surface area contributed by atoms with Crippen molar-refractivity contribution in [1.29, 1.82) is 0 Å². The Bertz CT molecular complexity index is 836. The summed E-state index contributed by atoms with van der Waals surface area (Å²) in [4.78, 5) is 1.96. The van der Waals surface area contributed by atoms with Crippen molar-refractivity contribution in [3.05, 3.63) is 48.0 Å². The lowest BCUT2D eigenvalue weighted by Crippen LogP contribution is -2.17. The van der Waals surface area contributed by atoms with Gasteiger partial charge in [0.1, 0.15) is 0 Å². The molecule has 0 radical (unpaired) electrons. The van der Waals surface area contributed by atoms with Crippen LogP contribution in [0.15, 0.2) is 42.5 Å². The summed E-state index contributed by atoms with van der Waals surface area (Å²) in [5, 5.41) is 11.6. The van der Waals surface area contributed by atoms with Crippen LogP contribution in [-0.2, 0) is 9.09 Å². The zero-order valence-corrected chi connectivity index (χ0v) is 19.0. The average molecular weight is 421 g/mol. The first-order chi connectivity index (χ1) is 13.7. The van der Waals surface area contributed by atoms with Gasteiger partial charge in [-0.1, -0.05) is 19.9 Å². The van der Waals surface area contributed by atoms with Crippen LogP contribution >= 0.6 is 7.37 Å². The Kier molecular flexibility index (Phi) is 8.14. The molecule has 0 saturated heterocycles. The summed E-state index contributed by atoms with van der Waals surface area (Å²) in [5.41, 5.74) is 1.43. The van der Waals surface area contributed by atoms with E-state index in [1.54, 1.807) is 37.4 Å². The number of aliphatic hydroxyl groups is 1. The molecule has 7 heteroatoms. The van der Waals surface area contributed by atoms with Crippen LogP contribution in [0.5, 0.6) is 11.5 Å². The van der Waals surface area contributed by atoms with Gasteiger partial charge in [0, 0.05) is 25.1 Å². The van der Waals surface area contributed by atoms with Crippen molar-refractivity contribution in [2.75, 3.05) is 39.8 Å². The van der Waals surface area contributed by atoms with Gasteiger partial charge < -0.3 is 24.0 Å². The molecule has 29 heavy (non-hydrogen) atoms. The van der Waals surface area contributed by atoms with Gasteiger partial charge in [0.2, 0.25) is 0 Å². The number of aliphatic hydroxyl groups excluding tert-OH is 1. The monoisotopic (exact) mass is 421 g/mol. The van der Waals surface area contributed by atoms with Crippen LogP contribution in [0.1, 0.15) is 31.7 Å². The lowest BCUT2D eigenvalue weighted by Gasteiger charge is -2.26. The van der Waals surface area contributed by atoms with Crippen molar-refractivity contribution in [3.63, 3.8) is 0 Å². The molecule has 2 aromatic carbocycles. The smallest absolute Gasteiger partial charge is 0.264 e. The fourth-order valence-electron chi connectivity index (χ4n) is 2.88. The Labute approximate surface area is 173 Å². The minimum absolute atomic E-state index is 0.300. The number of rotatable bonds is 10. The second-order valence-corrected chi connectivity index (χ2v) is 9.97. The Balaban J connectivity index is 2.44. The summed E-state index contributed by atoms with van der Waals surface area (Å²) in [5.74, 6) is 0.0764. The molecule has 0 aliphatic rings. The number of hydrogen-bond donors (Lipinski definition) is 1. The third kappa shape index (κ3) is 5.53. The number of hydrogen-bond acceptors (Lipinski definition) is 6. The average Bonchev–Trinajstić information content (AvgIpc) is 2.72. The van der Waals surface area contributed by atoms with Crippen molar-refractivity contribution in [1.82, 2.24) is 0 Å². The zero-order chi connectivity index (χ0) is 21.6. The van der Waals surface area contributed by atoms with Crippen LogP contribution in [0.25, 0.3) is 0 Å². The first-order valence-corrected chi connectivity index (χ1v) is 11.3. The standard InChI is InChI=1S/C22H32NO5P/c1-16(2)13-14-28-29(25,19-10-8-18(9-11-19)23(3)4)22(24)17-7-12-20(26-5)21(15-17)27-6/h7-12,15-16,22,24H,13-14H2,1-6H3/t22-,29+/m1/s1. The Morgan fingerprint density at radius 2 is 1.62 bits per heavy atom. The van der Waals surface area contributed by atoms with Crippen LogP contribution in [0.4, 0.5) is 5.69 Å². The quantitative estimate of drug-likeness (QED) is 0.573. The van der Waals surface area contributed by atoms with Gasteiger partial charge in [0.25, 0.3) is 7.37 Å². The largest absolute Gasteiger partial charge is 0.493 e. The van der Waals surface area contributed by atoms with E-state index < -0.39 is 13.2 Å². The van der Waals surface area contributed by atoms with E-state index in [1.165, 1.54) is 7.11 Å². The van der Waals surface area contributed by atoms with Crippen molar-refractivity contribution in [3.8, 4) is 11.5 Å². The van der Waals surface area contributed by atoms with E-state index in [0.717, 1.165) is 12.1 Å². The van der Waals surface area contributed by atoms with Crippen molar-refractivity contribution in [2.24, 2.45) is 5.92 Å². The van der Waals surface area contributed by atoms with Crippen LogP contribution in [-0.4, -0.2) is 40.0 Å². The molecule has 2 aromatic rings. The van der Waals surface area contributed by atoms with Gasteiger partial charge in [-0.05, 0) is 54.3 Å². The van der Waals surface area contributed by atoms with Gasteiger partial charge in [0.05, 0.1) is 20.8 Å². The number of methoxy groups -OCH3 is 2. The summed E-state index contributed by atoms with van der Waals surface area (Å²) in [6.45, 7) is 4.45. The highest BCUT2D eigenvalue weighted by Crippen LogP contribution is 2.58. The molecule has 2 atom stereocenters.